The minimum Gasteiger partial charge on any atom is -0.381 e. The molecule has 2 rings (SSSR count). The lowest BCUT2D eigenvalue weighted by atomic mass is 10.2. The molecule has 1 heterocycles. The molecule has 0 fully saturated rings. The van der Waals surface area contributed by atoms with Crippen LogP contribution in [0.4, 0.5) is 5.69 Å². The first-order chi connectivity index (χ1) is 7.81. The van der Waals surface area contributed by atoms with Gasteiger partial charge in [-0.2, -0.15) is 5.10 Å². The van der Waals surface area contributed by atoms with Gasteiger partial charge in [-0.15, -0.1) is 0 Å². The van der Waals surface area contributed by atoms with Crippen molar-refractivity contribution >= 4 is 5.69 Å². The van der Waals surface area contributed by atoms with E-state index >= 15 is 0 Å². The first-order valence-corrected chi connectivity index (χ1v) is 5.61. The van der Waals surface area contributed by atoms with E-state index in [-0.39, 0.29) is 0 Å². The fourth-order valence-electron chi connectivity index (χ4n) is 1.73. The molecule has 0 atom stereocenters. The van der Waals surface area contributed by atoms with Crippen molar-refractivity contribution in [1.29, 1.82) is 0 Å². The molecule has 0 aliphatic rings. The Bertz CT molecular complexity index is 445. The molecule has 0 bridgehead atoms. The Morgan fingerprint density at radius 3 is 2.62 bits per heavy atom. The second-order valence-corrected chi connectivity index (χ2v) is 3.79. The van der Waals surface area contributed by atoms with Crippen LogP contribution in [-0.2, 0) is 13.1 Å². The van der Waals surface area contributed by atoms with Crippen LogP contribution in [0, 0.1) is 6.92 Å². The number of aryl methyl sites for hydroxylation is 1. The minimum absolute atomic E-state index is 0.829. The minimum atomic E-state index is 0.829. The highest BCUT2D eigenvalue weighted by molar-refractivity contribution is 5.43. The summed E-state index contributed by atoms with van der Waals surface area (Å²) in [6, 6.07) is 10.2. The largest absolute Gasteiger partial charge is 0.381 e. The first-order valence-electron chi connectivity index (χ1n) is 5.61. The van der Waals surface area contributed by atoms with E-state index in [9.17, 15) is 0 Å². The number of nitrogens with one attached hydrogen (secondary N) is 1. The van der Waals surface area contributed by atoms with Crippen molar-refractivity contribution in [3.63, 3.8) is 0 Å². The predicted octanol–water partition coefficient (Wildman–Crippen LogP) is 2.82. The Kier molecular flexibility index (Phi) is 3.25. The Balaban J connectivity index is 2.02. The lowest BCUT2D eigenvalue weighted by Gasteiger charge is -2.06. The molecule has 3 heteroatoms. The van der Waals surface area contributed by atoms with Crippen molar-refractivity contribution < 1.29 is 0 Å². The fraction of sp³-hybridized carbons (Fsp3) is 0.308. The van der Waals surface area contributed by atoms with Crippen LogP contribution in [-0.4, -0.2) is 9.78 Å². The average Bonchev–Trinajstić information content (AvgIpc) is 2.69. The zero-order valence-electron chi connectivity index (χ0n) is 9.77. The highest BCUT2D eigenvalue weighted by atomic mass is 15.3. The van der Waals surface area contributed by atoms with Gasteiger partial charge in [0.25, 0.3) is 0 Å². The molecule has 0 amide bonds. The molecule has 0 aliphatic carbocycles. The van der Waals surface area contributed by atoms with Crippen molar-refractivity contribution in [2.75, 3.05) is 5.32 Å². The summed E-state index contributed by atoms with van der Waals surface area (Å²) in [5.74, 6) is 0. The van der Waals surface area contributed by atoms with Gasteiger partial charge in [0.15, 0.2) is 0 Å². The highest BCUT2D eigenvalue weighted by Crippen LogP contribution is 2.11. The van der Waals surface area contributed by atoms with Crippen LogP contribution in [0.1, 0.15) is 18.2 Å². The third kappa shape index (κ3) is 2.24. The van der Waals surface area contributed by atoms with Crippen molar-refractivity contribution in [3.05, 3.63) is 47.8 Å². The Morgan fingerprint density at radius 2 is 2.00 bits per heavy atom. The van der Waals surface area contributed by atoms with E-state index in [1.54, 1.807) is 0 Å². The number of hydrogen-bond acceptors (Lipinski definition) is 2. The fourth-order valence-corrected chi connectivity index (χ4v) is 1.73. The Hall–Kier alpha value is -1.77. The first kappa shape index (κ1) is 10.7. The van der Waals surface area contributed by atoms with E-state index in [2.05, 4.69) is 36.4 Å². The quantitative estimate of drug-likeness (QED) is 0.850. The lowest BCUT2D eigenvalue weighted by Crippen LogP contribution is -2.02. The maximum absolute atomic E-state index is 4.32. The second-order valence-electron chi connectivity index (χ2n) is 3.79. The van der Waals surface area contributed by atoms with Gasteiger partial charge in [-0.1, -0.05) is 18.2 Å². The van der Waals surface area contributed by atoms with Crippen LogP contribution >= 0.6 is 0 Å². The van der Waals surface area contributed by atoms with E-state index in [0.29, 0.717) is 0 Å². The molecule has 1 N–H and O–H groups in total. The molecule has 0 aliphatic heterocycles. The summed E-state index contributed by atoms with van der Waals surface area (Å²) >= 11 is 0. The summed E-state index contributed by atoms with van der Waals surface area (Å²) in [4.78, 5) is 0. The van der Waals surface area contributed by atoms with Crippen molar-refractivity contribution in [1.82, 2.24) is 9.78 Å². The predicted molar refractivity (Wildman–Crippen MR) is 66.4 cm³/mol. The smallest absolute Gasteiger partial charge is 0.0542 e. The van der Waals surface area contributed by atoms with E-state index in [4.69, 9.17) is 0 Å². The van der Waals surface area contributed by atoms with Gasteiger partial charge < -0.3 is 5.32 Å². The number of aromatic nitrogens is 2. The molecular formula is C13H17N3. The van der Waals surface area contributed by atoms with Crippen molar-refractivity contribution in [2.45, 2.75) is 26.9 Å². The monoisotopic (exact) mass is 215 g/mol. The summed E-state index contributed by atoms with van der Waals surface area (Å²) in [7, 11) is 0. The van der Waals surface area contributed by atoms with E-state index in [1.165, 1.54) is 11.3 Å². The summed E-state index contributed by atoms with van der Waals surface area (Å²) in [5, 5.41) is 7.71. The second kappa shape index (κ2) is 4.84. The van der Waals surface area contributed by atoms with Gasteiger partial charge in [0.05, 0.1) is 6.20 Å². The molecule has 16 heavy (non-hydrogen) atoms. The van der Waals surface area contributed by atoms with Crippen LogP contribution in [0.25, 0.3) is 0 Å². The summed E-state index contributed by atoms with van der Waals surface area (Å²) in [5.41, 5.74) is 3.64. The number of hydrogen-bond donors (Lipinski definition) is 1. The molecule has 1 aromatic carbocycles. The molecule has 2 aromatic rings. The third-order valence-electron chi connectivity index (χ3n) is 2.76. The highest BCUT2D eigenvalue weighted by Gasteiger charge is 2.04. The third-order valence-corrected chi connectivity index (χ3v) is 2.76. The van der Waals surface area contributed by atoms with Gasteiger partial charge in [-0.25, -0.2) is 0 Å². The maximum Gasteiger partial charge on any atom is 0.0542 e. The number of para-hydroxylation sites is 1. The number of nitrogens with zero attached hydrogens (tertiary/aromatic N) is 2. The molecule has 0 spiro atoms. The van der Waals surface area contributed by atoms with E-state index in [1.807, 2.05) is 29.1 Å². The average molecular weight is 215 g/mol. The Labute approximate surface area is 96.1 Å². The van der Waals surface area contributed by atoms with Gasteiger partial charge >= 0.3 is 0 Å². The summed E-state index contributed by atoms with van der Waals surface area (Å²) in [6.45, 7) is 5.97. The lowest BCUT2D eigenvalue weighted by molar-refractivity contribution is 0.638. The molecule has 0 saturated carbocycles. The van der Waals surface area contributed by atoms with Gasteiger partial charge in [0, 0.05) is 30.0 Å². The molecule has 3 nitrogen and oxygen atoms in total. The van der Waals surface area contributed by atoms with Gasteiger partial charge in [0.2, 0.25) is 0 Å². The summed E-state index contributed by atoms with van der Waals surface area (Å²) < 4.78 is 2.02. The van der Waals surface area contributed by atoms with Gasteiger partial charge in [0.1, 0.15) is 0 Å². The van der Waals surface area contributed by atoms with Crippen LogP contribution in [0.3, 0.4) is 0 Å². The Morgan fingerprint density at radius 1 is 1.25 bits per heavy atom. The molecule has 0 radical (unpaired) electrons. The number of rotatable bonds is 4. The van der Waals surface area contributed by atoms with Gasteiger partial charge in [-0.3, -0.25) is 4.68 Å². The zero-order valence-corrected chi connectivity index (χ0v) is 9.77. The van der Waals surface area contributed by atoms with Crippen LogP contribution in [0.5, 0.6) is 0 Å². The molecule has 0 unspecified atom stereocenters. The van der Waals surface area contributed by atoms with Crippen LogP contribution in [0.2, 0.25) is 0 Å². The number of benzene rings is 1. The van der Waals surface area contributed by atoms with Crippen LogP contribution < -0.4 is 5.32 Å². The molecule has 0 saturated heterocycles. The topological polar surface area (TPSA) is 29.9 Å². The van der Waals surface area contributed by atoms with E-state index < -0.39 is 0 Å². The van der Waals surface area contributed by atoms with Gasteiger partial charge in [-0.05, 0) is 26.0 Å². The SMILES string of the molecule is CCn1ncc(CNc2ccccc2)c1C. The number of anilines is 1. The maximum atomic E-state index is 4.32. The standard InChI is InChI=1S/C13H17N3/c1-3-16-11(2)12(10-15-16)9-14-13-7-5-4-6-8-13/h4-8,10,14H,3,9H2,1-2H3. The van der Waals surface area contributed by atoms with Crippen LogP contribution in [0.15, 0.2) is 36.5 Å². The van der Waals surface area contributed by atoms with Crippen molar-refractivity contribution in [3.8, 4) is 0 Å². The zero-order chi connectivity index (χ0) is 11.4. The van der Waals surface area contributed by atoms with E-state index in [0.717, 1.165) is 18.8 Å². The normalized spacial score (nSPS) is 10.4. The molecule has 84 valence electrons. The summed E-state index contributed by atoms with van der Waals surface area (Å²) in [6.07, 6.45) is 1.94. The molecular weight excluding hydrogens is 198 g/mol. The van der Waals surface area contributed by atoms with Crippen molar-refractivity contribution in [2.24, 2.45) is 0 Å². The molecule has 1 aromatic heterocycles.